The van der Waals surface area contributed by atoms with Gasteiger partial charge in [0, 0.05) is 57.5 Å². The topological polar surface area (TPSA) is 24.3 Å². The maximum atomic E-state index is 4.37. The zero-order chi connectivity index (χ0) is 10.7. The molecule has 1 aliphatic heterocycles. The van der Waals surface area contributed by atoms with Gasteiger partial charge in [0.15, 0.2) is 0 Å². The molecule has 15 heavy (non-hydrogen) atoms. The molecule has 1 saturated heterocycles. The number of rotatable bonds is 3. The molecule has 0 bridgehead atoms. The highest BCUT2D eigenvalue weighted by Crippen LogP contribution is 2.12. The van der Waals surface area contributed by atoms with Crippen molar-refractivity contribution in [3.8, 4) is 0 Å². The van der Waals surface area contributed by atoms with Gasteiger partial charge in [-0.1, -0.05) is 15.9 Å². The second kappa shape index (κ2) is 4.99. The summed E-state index contributed by atoms with van der Waals surface area (Å²) in [6, 6.07) is 0. The van der Waals surface area contributed by atoms with E-state index in [-0.39, 0.29) is 0 Å². The second-order valence-corrected chi connectivity index (χ2v) is 4.65. The number of imidazole rings is 1. The van der Waals surface area contributed by atoms with Crippen LogP contribution < -0.4 is 4.90 Å². The van der Waals surface area contributed by atoms with Gasteiger partial charge in [-0.15, -0.1) is 0 Å². The summed E-state index contributed by atoms with van der Waals surface area (Å²) in [4.78, 5) is 9.20. The molecule has 1 fully saturated rings. The minimum Gasteiger partial charge on any atom is -0.340 e. The van der Waals surface area contributed by atoms with Crippen molar-refractivity contribution < 1.29 is 0 Å². The molecule has 0 saturated carbocycles. The lowest BCUT2D eigenvalue weighted by atomic mass is 10.3. The fourth-order valence-corrected chi connectivity index (χ4v) is 2.45. The Morgan fingerprint density at radius 2 is 2.07 bits per heavy atom. The minimum atomic E-state index is 1.06. The molecule has 0 N–H and O–H groups in total. The lowest BCUT2D eigenvalue weighted by molar-refractivity contribution is 0.272. The maximum Gasteiger partial charge on any atom is 0.205 e. The average Bonchev–Trinajstić information content (AvgIpc) is 2.66. The average molecular weight is 273 g/mol. The van der Waals surface area contributed by atoms with Crippen LogP contribution in [-0.2, 0) is 7.05 Å². The molecule has 0 amide bonds. The number of aryl methyl sites for hydroxylation is 1. The molecule has 84 valence electrons. The first-order chi connectivity index (χ1) is 7.31. The number of alkyl halides is 1. The molecule has 0 aromatic carbocycles. The van der Waals surface area contributed by atoms with Crippen molar-refractivity contribution in [1.29, 1.82) is 0 Å². The lowest BCUT2D eigenvalue weighted by Gasteiger charge is -2.34. The Morgan fingerprint density at radius 3 is 2.60 bits per heavy atom. The van der Waals surface area contributed by atoms with Gasteiger partial charge in [0.05, 0.1) is 0 Å². The molecule has 0 aliphatic carbocycles. The van der Waals surface area contributed by atoms with Gasteiger partial charge in [-0.05, 0) is 0 Å². The van der Waals surface area contributed by atoms with E-state index in [4.69, 9.17) is 0 Å². The molecule has 2 heterocycles. The Balaban J connectivity index is 1.91. The molecular weight excluding hydrogens is 256 g/mol. The van der Waals surface area contributed by atoms with Crippen LogP contribution in [0.3, 0.4) is 0 Å². The third-order valence-electron chi connectivity index (χ3n) is 2.85. The molecular formula is C10H17BrN4. The van der Waals surface area contributed by atoms with E-state index in [1.54, 1.807) is 0 Å². The van der Waals surface area contributed by atoms with Gasteiger partial charge in [-0.2, -0.15) is 0 Å². The number of hydrogen-bond acceptors (Lipinski definition) is 3. The second-order valence-electron chi connectivity index (χ2n) is 3.86. The van der Waals surface area contributed by atoms with Gasteiger partial charge in [0.25, 0.3) is 0 Å². The Kier molecular flexibility index (Phi) is 3.64. The number of nitrogens with zero attached hydrogens (tertiary/aromatic N) is 4. The maximum absolute atomic E-state index is 4.37. The fourth-order valence-electron chi connectivity index (χ4n) is 1.95. The summed E-state index contributed by atoms with van der Waals surface area (Å²) in [6.45, 7) is 5.58. The van der Waals surface area contributed by atoms with Crippen LogP contribution in [0.5, 0.6) is 0 Å². The van der Waals surface area contributed by atoms with Crippen molar-refractivity contribution in [1.82, 2.24) is 14.5 Å². The number of halogens is 1. The quantitative estimate of drug-likeness (QED) is 0.766. The molecule has 0 unspecified atom stereocenters. The van der Waals surface area contributed by atoms with Crippen molar-refractivity contribution >= 4 is 21.9 Å². The van der Waals surface area contributed by atoms with Gasteiger partial charge in [-0.3, -0.25) is 4.90 Å². The normalized spacial score (nSPS) is 18.4. The highest BCUT2D eigenvalue weighted by Gasteiger charge is 2.18. The van der Waals surface area contributed by atoms with Crippen LogP contribution >= 0.6 is 15.9 Å². The number of aromatic nitrogens is 2. The molecule has 1 aromatic heterocycles. The van der Waals surface area contributed by atoms with Gasteiger partial charge >= 0.3 is 0 Å². The van der Waals surface area contributed by atoms with Gasteiger partial charge in [0.1, 0.15) is 0 Å². The van der Waals surface area contributed by atoms with E-state index in [0.29, 0.717) is 0 Å². The largest absolute Gasteiger partial charge is 0.340 e. The summed E-state index contributed by atoms with van der Waals surface area (Å²) in [7, 11) is 2.05. The first kappa shape index (κ1) is 11.0. The molecule has 0 spiro atoms. The van der Waals surface area contributed by atoms with Crippen LogP contribution in [-0.4, -0.2) is 52.5 Å². The van der Waals surface area contributed by atoms with E-state index in [0.717, 1.165) is 44.0 Å². The minimum absolute atomic E-state index is 1.06. The summed E-state index contributed by atoms with van der Waals surface area (Å²) in [6.07, 6.45) is 3.86. The highest BCUT2D eigenvalue weighted by atomic mass is 79.9. The third-order valence-corrected chi connectivity index (χ3v) is 3.21. The molecule has 5 heteroatoms. The summed E-state index contributed by atoms with van der Waals surface area (Å²) in [5, 5.41) is 1.06. The standard InChI is InChI=1S/C10H17BrN4/c1-13-5-3-12-10(13)15-8-6-14(4-2-11)7-9-15/h3,5H,2,4,6-9H2,1H3. The van der Waals surface area contributed by atoms with E-state index in [1.807, 2.05) is 19.4 Å². The van der Waals surface area contributed by atoms with Crippen LogP contribution in [0.15, 0.2) is 12.4 Å². The fraction of sp³-hybridized carbons (Fsp3) is 0.700. The van der Waals surface area contributed by atoms with Crippen LogP contribution in [0.25, 0.3) is 0 Å². The Morgan fingerprint density at radius 1 is 1.33 bits per heavy atom. The first-order valence-corrected chi connectivity index (χ1v) is 6.44. The third kappa shape index (κ3) is 2.52. The molecule has 4 nitrogen and oxygen atoms in total. The summed E-state index contributed by atoms with van der Waals surface area (Å²) in [5.74, 6) is 1.09. The van der Waals surface area contributed by atoms with E-state index in [1.165, 1.54) is 0 Å². The number of hydrogen-bond donors (Lipinski definition) is 0. The lowest BCUT2D eigenvalue weighted by Crippen LogP contribution is -2.47. The van der Waals surface area contributed by atoms with Crippen LogP contribution in [0.1, 0.15) is 0 Å². The van der Waals surface area contributed by atoms with E-state index in [9.17, 15) is 0 Å². The zero-order valence-electron chi connectivity index (χ0n) is 9.06. The van der Waals surface area contributed by atoms with Crippen molar-refractivity contribution in [2.24, 2.45) is 7.05 Å². The highest BCUT2D eigenvalue weighted by molar-refractivity contribution is 9.09. The van der Waals surface area contributed by atoms with Gasteiger partial charge in [0.2, 0.25) is 5.95 Å². The Labute approximate surface area is 99.0 Å². The van der Waals surface area contributed by atoms with Crippen LogP contribution in [0, 0.1) is 0 Å². The molecule has 2 rings (SSSR count). The van der Waals surface area contributed by atoms with Crippen molar-refractivity contribution in [3.63, 3.8) is 0 Å². The van der Waals surface area contributed by atoms with Crippen LogP contribution in [0.2, 0.25) is 0 Å². The van der Waals surface area contributed by atoms with Gasteiger partial charge in [-0.25, -0.2) is 4.98 Å². The predicted octanol–water partition coefficient (Wildman–Crippen LogP) is 0.937. The predicted molar refractivity (Wildman–Crippen MR) is 65.7 cm³/mol. The van der Waals surface area contributed by atoms with Crippen molar-refractivity contribution in [2.45, 2.75) is 0 Å². The smallest absolute Gasteiger partial charge is 0.205 e. The van der Waals surface area contributed by atoms with E-state index >= 15 is 0 Å². The zero-order valence-corrected chi connectivity index (χ0v) is 10.7. The molecule has 1 aliphatic rings. The van der Waals surface area contributed by atoms with E-state index < -0.39 is 0 Å². The molecule has 0 radical (unpaired) electrons. The van der Waals surface area contributed by atoms with Crippen molar-refractivity contribution in [2.75, 3.05) is 43.0 Å². The summed E-state index contributed by atoms with van der Waals surface area (Å²) in [5.41, 5.74) is 0. The Bertz CT molecular complexity index is 304. The van der Waals surface area contributed by atoms with E-state index in [2.05, 4.69) is 35.3 Å². The Hall–Kier alpha value is -0.550. The molecule has 1 aromatic rings. The van der Waals surface area contributed by atoms with Gasteiger partial charge < -0.3 is 9.47 Å². The number of piperazine rings is 1. The number of anilines is 1. The first-order valence-electron chi connectivity index (χ1n) is 5.32. The summed E-state index contributed by atoms with van der Waals surface area (Å²) < 4.78 is 2.08. The summed E-state index contributed by atoms with van der Waals surface area (Å²) >= 11 is 3.48. The van der Waals surface area contributed by atoms with Crippen molar-refractivity contribution in [3.05, 3.63) is 12.4 Å². The van der Waals surface area contributed by atoms with Crippen LogP contribution in [0.4, 0.5) is 5.95 Å². The monoisotopic (exact) mass is 272 g/mol. The molecule has 0 atom stereocenters. The SMILES string of the molecule is Cn1ccnc1N1CCN(CCBr)CC1.